The Hall–Kier alpha value is -0.640. The summed E-state index contributed by atoms with van der Waals surface area (Å²) in [7, 11) is 0. The Balaban J connectivity index is 3.11. The van der Waals surface area contributed by atoms with E-state index in [4.69, 9.17) is 10.2 Å². The molecule has 3 nitrogen and oxygen atoms in total. The second-order valence-electron chi connectivity index (χ2n) is 3.10. The van der Waals surface area contributed by atoms with Crippen molar-refractivity contribution in [2.24, 2.45) is 0 Å². The molecule has 0 aromatic heterocycles. The number of aliphatic hydroxyl groups is 1. The molecule has 0 aliphatic carbocycles. The maximum absolute atomic E-state index is 11.6. The Morgan fingerprint density at radius 1 is 1.15 bits per heavy atom. The molecular formula is C9H17FO3. The minimum absolute atomic E-state index is 0.280. The molecule has 0 saturated heterocycles. The minimum Gasteiger partial charge on any atom is -0.479 e. The second-order valence-corrected chi connectivity index (χ2v) is 3.10. The van der Waals surface area contributed by atoms with Gasteiger partial charge in [-0.15, -0.1) is 0 Å². The predicted octanol–water partition coefficient (Wildman–Crippen LogP) is 1.74. The molecule has 0 rings (SSSR count). The number of rotatable bonds is 8. The van der Waals surface area contributed by atoms with Crippen LogP contribution in [-0.4, -0.2) is 29.0 Å². The fourth-order valence-electron chi connectivity index (χ4n) is 1.09. The van der Waals surface area contributed by atoms with Crippen molar-refractivity contribution in [3.8, 4) is 0 Å². The number of aliphatic carboxylic acids is 1. The molecule has 0 saturated carbocycles. The minimum atomic E-state index is -1.24. The lowest BCUT2D eigenvalue weighted by atomic mass is 10.1. The van der Waals surface area contributed by atoms with E-state index >= 15 is 0 Å². The molecule has 2 N–H and O–H groups in total. The van der Waals surface area contributed by atoms with Crippen molar-refractivity contribution in [3.05, 3.63) is 0 Å². The average Bonchev–Trinajstić information content (AvgIpc) is 2.10. The van der Waals surface area contributed by atoms with Gasteiger partial charge in [0.1, 0.15) is 0 Å². The summed E-state index contributed by atoms with van der Waals surface area (Å²) in [5.74, 6) is -1.16. The number of carboxylic acid groups (broad SMARTS) is 1. The molecule has 0 aliphatic heterocycles. The van der Waals surface area contributed by atoms with Crippen molar-refractivity contribution in [3.63, 3.8) is 0 Å². The van der Waals surface area contributed by atoms with E-state index in [1.165, 1.54) is 0 Å². The number of halogens is 1. The highest BCUT2D eigenvalue weighted by Crippen LogP contribution is 2.07. The topological polar surface area (TPSA) is 57.5 Å². The van der Waals surface area contributed by atoms with E-state index in [0.29, 0.717) is 19.3 Å². The fraction of sp³-hybridized carbons (Fsp3) is 0.889. The zero-order valence-corrected chi connectivity index (χ0v) is 7.71. The summed E-state index contributed by atoms with van der Waals surface area (Å²) in [6, 6.07) is 0. The van der Waals surface area contributed by atoms with Gasteiger partial charge in [-0.1, -0.05) is 25.7 Å². The number of alkyl halides is 1. The molecule has 1 unspecified atom stereocenters. The van der Waals surface area contributed by atoms with E-state index in [0.717, 1.165) is 19.3 Å². The lowest BCUT2D eigenvalue weighted by molar-refractivity contribution is -0.146. The number of hydrogen-bond donors (Lipinski definition) is 2. The SMILES string of the molecule is O=C(O)C(O)CCCCCCCF. The molecule has 0 amide bonds. The first-order valence-corrected chi connectivity index (χ1v) is 4.65. The molecule has 4 heteroatoms. The quantitative estimate of drug-likeness (QED) is 0.576. The molecule has 0 heterocycles. The number of carbonyl (C=O) groups is 1. The maximum atomic E-state index is 11.6. The van der Waals surface area contributed by atoms with Crippen molar-refractivity contribution < 1.29 is 19.4 Å². The Morgan fingerprint density at radius 3 is 2.23 bits per heavy atom. The van der Waals surface area contributed by atoms with Gasteiger partial charge in [0.05, 0.1) is 6.67 Å². The third-order valence-electron chi connectivity index (χ3n) is 1.90. The molecule has 78 valence electrons. The van der Waals surface area contributed by atoms with E-state index in [2.05, 4.69) is 0 Å². The van der Waals surface area contributed by atoms with E-state index in [-0.39, 0.29) is 6.67 Å². The summed E-state index contributed by atoms with van der Waals surface area (Å²) in [5, 5.41) is 17.2. The Morgan fingerprint density at radius 2 is 1.69 bits per heavy atom. The molecule has 13 heavy (non-hydrogen) atoms. The van der Waals surface area contributed by atoms with Gasteiger partial charge in [-0.2, -0.15) is 0 Å². The first-order valence-electron chi connectivity index (χ1n) is 4.65. The smallest absolute Gasteiger partial charge is 0.332 e. The normalized spacial score (nSPS) is 12.8. The molecule has 0 spiro atoms. The molecule has 1 atom stereocenters. The lowest BCUT2D eigenvalue weighted by Crippen LogP contribution is -2.18. The molecule has 0 aliphatic rings. The highest BCUT2D eigenvalue weighted by molar-refractivity contribution is 5.71. The highest BCUT2D eigenvalue weighted by Gasteiger charge is 2.11. The molecule has 0 radical (unpaired) electrons. The van der Waals surface area contributed by atoms with Gasteiger partial charge in [0, 0.05) is 0 Å². The van der Waals surface area contributed by atoms with Crippen LogP contribution in [0.4, 0.5) is 4.39 Å². The van der Waals surface area contributed by atoms with Gasteiger partial charge in [-0.25, -0.2) is 4.79 Å². The van der Waals surface area contributed by atoms with E-state index < -0.39 is 12.1 Å². The van der Waals surface area contributed by atoms with Crippen molar-refractivity contribution in [2.75, 3.05) is 6.67 Å². The van der Waals surface area contributed by atoms with Gasteiger partial charge in [-0.3, -0.25) is 4.39 Å². The first-order chi connectivity index (χ1) is 6.18. The van der Waals surface area contributed by atoms with Gasteiger partial charge in [0.15, 0.2) is 6.10 Å². The van der Waals surface area contributed by atoms with Crippen LogP contribution >= 0.6 is 0 Å². The van der Waals surface area contributed by atoms with Crippen LogP contribution in [-0.2, 0) is 4.79 Å². The van der Waals surface area contributed by atoms with Gasteiger partial charge < -0.3 is 10.2 Å². The van der Waals surface area contributed by atoms with Crippen LogP contribution in [0.25, 0.3) is 0 Å². The van der Waals surface area contributed by atoms with Crippen LogP contribution < -0.4 is 0 Å². The third-order valence-corrected chi connectivity index (χ3v) is 1.90. The van der Waals surface area contributed by atoms with Gasteiger partial charge in [-0.05, 0) is 12.8 Å². The van der Waals surface area contributed by atoms with Crippen molar-refractivity contribution in [1.82, 2.24) is 0 Å². The third kappa shape index (κ3) is 7.71. The summed E-state index contributed by atoms with van der Waals surface area (Å²) in [4.78, 5) is 10.2. The van der Waals surface area contributed by atoms with Gasteiger partial charge >= 0.3 is 5.97 Å². The van der Waals surface area contributed by atoms with Crippen LogP contribution in [0.3, 0.4) is 0 Å². The Kier molecular flexibility index (Phi) is 7.59. The predicted molar refractivity (Wildman–Crippen MR) is 47.3 cm³/mol. The van der Waals surface area contributed by atoms with Crippen molar-refractivity contribution in [1.29, 1.82) is 0 Å². The zero-order chi connectivity index (χ0) is 10.1. The molecule has 0 aromatic rings. The molecule has 0 fully saturated rings. The van der Waals surface area contributed by atoms with Crippen LogP contribution in [0.2, 0.25) is 0 Å². The van der Waals surface area contributed by atoms with Crippen molar-refractivity contribution >= 4 is 5.97 Å². The number of carboxylic acids is 1. The van der Waals surface area contributed by atoms with Crippen LogP contribution in [0.1, 0.15) is 38.5 Å². The monoisotopic (exact) mass is 192 g/mol. The van der Waals surface area contributed by atoms with E-state index in [1.807, 2.05) is 0 Å². The summed E-state index contributed by atoms with van der Waals surface area (Å²) in [6.07, 6.45) is 2.97. The molecule has 0 bridgehead atoms. The second kappa shape index (κ2) is 7.98. The fourth-order valence-corrected chi connectivity index (χ4v) is 1.09. The van der Waals surface area contributed by atoms with Crippen molar-refractivity contribution in [2.45, 2.75) is 44.6 Å². The zero-order valence-electron chi connectivity index (χ0n) is 7.71. The summed E-state index contributed by atoms with van der Waals surface area (Å²) >= 11 is 0. The molecule has 0 aromatic carbocycles. The van der Waals surface area contributed by atoms with Crippen LogP contribution in [0.5, 0.6) is 0 Å². The van der Waals surface area contributed by atoms with Crippen LogP contribution in [0, 0.1) is 0 Å². The number of aliphatic hydroxyl groups excluding tert-OH is 1. The average molecular weight is 192 g/mol. The largest absolute Gasteiger partial charge is 0.479 e. The van der Waals surface area contributed by atoms with E-state index in [9.17, 15) is 9.18 Å². The summed E-state index contributed by atoms with van der Waals surface area (Å²) in [5.41, 5.74) is 0. The maximum Gasteiger partial charge on any atom is 0.332 e. The number of hydrogen-bond acceptors (Lipinski definition) is 2. The summed E-state index contributed by atoms with van der Waals surface area (Å²) < 4.78 is 11.6. The number of unbranched alkanes of at least 4 members (excludes halogenated alkanes) is 4. The summed E-state index contributed by atoms with van der Waals surface area (Å²) in [6.45, 7) is -0.280. The standard InChI is InChI=1S/C9H17FO3/c10-7-5-3-1-2-4-6-8(11)9(12)13/h8,11H,1-7H2,(H,12,13). The van der Waals surface area contributed by atoms with E-state index in [1.54, 1.807) is 0 Å². The van der Waals surface area contributed by atoms with Crippen LogP contribution in [0.15, 0.2) is 0 Å². The molecular weight excluding hydrogens is 175 g/mol. The first kappa shape index (κ1) is 12.4. The van der Waals surface area contributed by atoms with Gasteiger partial charge in [0.2, 0.25) is 0 Å². The Labute approximate surface area is 77.6 Å². The Bertz CT molecular complexity index is 139. The highest BCUT2D eigenvalue weighted by atomic mass is 19.1. The van der Waals surface area contributed by atoms with Gasteiger partial charge in [0.25, 0.3) is 0 Å². The lowest BCUT2D eigenvalue weighted by Gasteiger charge is -2.04.